The Labute approximate surface area is 171 Å². The number of urea groups is 1. The van der Waals surface area contributed by atoms with Crippen LogP contribution in [0.15, 0.2) is 42.5 Å². The molecule has 0 saturated carbocycles. The highest BCUT2D eigenvalue weighted by Crippen LogP contribution is 2.31. The van der Waals surface area contributed by atoms with E-state index in [4.69, 9.17) is 4.74 Å². The van der Waals surface area contributed by atoms with Gasteiger partial charge in [0.1, 0.15) is 5.75 Å². The number of nitrogens with one attached hydrogen (secondary N) is 1. The smallest absolute Gasteiger partial charge is 0.318 e. The third-order valence-corrected chi connectivity index (χ3v) is 5.82. The largest absolute Gasteiger partial charge is 0.496 e. The van der Waals surface area contributed by atoms with Crippen LogP contribution in [0.5, 0.6) is 5.75 Å². The fraction of sp³-hybridized carbons (Fsp3) is 0.391. The lowest BCUT2D eigenvalue weighted by Crippen LogP contribution is -2.38. The van der Waals surface area contributed by atoms with Gasteiger partial charge in [-0.2, -0.15) is 0 Å². The summed E-state index contributed by atoms with van der Waals surface area (Å²) in [4.78, 5) is 28.5. The molecule has 0 spiro atoms. The van der Waals surface area contributed by atoms with Crippen LogP contribution in [0.2, 0.25) is 0 Å². The number of rotatable bonds is 4. The standard InChI is InChI=1S/C23H27N3O3/c1-16(17-9-11-19(12-10-17)26-13-4-3-8-22(26)27)24-23(28)25-14-18-6-5-7-21(29-2)20(18)15-25/h5-7,9-12,16H,3-4,8,13-15H2,1-2H3,(H,24,28). The number of amides is 3. The number of hydrogen-bond donors (Lipinski definition) is 1. The molecule has 1 atom stereocenters. The minimum absolute atomic E-state index is 0.0916. The Balaban J connectivity index is 1.39. The van der Waals surface area contributed by atoms with Gasteiger partial charge < -0.3 is 19.9 Å². The van der Waals surface area contributed by atoms with Gasteiger partial charge in [0, 0.05) is 30.8 Å². The molecule has 1 N–H and O–H groups in total. The van der Waals surface area contributed by atoms with Gasteiger partial charge in [-0.05, 0) is 49.1 Å². The number of carbonyl (C=O) groups is 2. The summed E-state index contributed by atoms with van der Waals surface area (Å²) >= 11 is 0. The van der Waals surface area contributed by atoms with E-state index in [9.17, 15) is 9.59 Å². The highest BCUT2D eigenvalue weighted by atomic mass is 16.5. The molecule has 2 heterocycles. The molecule has 1 unspecified atom stereocenters. The fourth-order valence-corrected chi connectivity index (χ4v) is 4.11. The molecule has 2 aliphatic rings. The summed E-state index contributed by atoms with van der Waals surface area (Å²) in [7, 11) is 1.65. The number of methoxy groups -OCH3 is 1. The van der Waals surface area contributed by atoms with Gasteiger partial charge in [0.15, 0.2) is 0 Å². The van der Waals surface area contributed by atoms with Crippen molar-refractivity contribution in [1.82, 2.24) is 10.2 Å². The average molecular weight is 393 g/mol. The minimum Gasteiger partial charge on any atom is -0.496 e. The summed E-state index contributed by atoms with van der Waals surface area (Å²) in [5.74, 6) is 1.02. The van der Waals surface area contributed by atoms with Crippen molar-refractivity contribution in [3.63, 3.8) is 0 Å². The average Bonchev–Trinajstić information content (AvgIpc) is 3.19. The molecule has 2 aliphatic heterocycles. The summed E-state index contributed by atoms with van der Waals surface area (Å²) in [6, 6.07) is 13.6. The highest BCUT2D eigenvalue weighted by Gasteiger charge is 2.27. The maximum Gasteiger partial charge on any atom is 0.318 e. The normalized spacial score (nSPS) is 17.1. The molecular formula is C23H27N3O3. The van der Waals surface area contributed by atoms with E-state index < -0.39 is 0 Å². The Morgan fingerprint density at radius 1 is 1.10 bits per heavy atom. The van der Waals surface area contributed by atoms with E-state index in [2.05, 4.69) is 5.32 Å². The lowest BCUT2D eigenvalue weighted by molar-refractivity contribution is -0.119. The number of carbonyl (C=O) groups excluding carboxylic acids is 2. The van der Waals surface area contributed by atoms with Crippen molar-refractivity contribution in [3.8, 4) is 5.75 Å². The Morgan fingerprint density at radius 2 is 1.90 bits per heavy atom. The molecular weight excluding hydrogens is 366 g/mol. The van der Waals surface area contributed by atoms with Crippen molar-refractivity contribution < 1.29 is 14.3 Å². The van der Waals surface area contributed by atoms with E-state index in [1.165, 1.54) is 0 Å². The zero-order valence-electron chi connectivity index (χ0n) is 17.0. The summed E-state index contributed by atoms with van der Waals surface area (Å²) in [6.07, 6.45) is 2.64. The van der Waals surface area contributed by atoms with Crippen LogP contribution in [0.4, 0.5) is 10.5 Å². The molecule has 1 saturated heterocycles. The second-order valence-corrected chi connectivity index (χ2v) is 7.72. The number of hydrogen-bond acceptors (Lipinski definition) is 3. The summed E-state index contributed by atoms with van der Waals surface area (Å²) in [5.41, 5.74) is 4.15. The molecule has 1 fully saturated rings. The van der Waals surface area contributed by atoms with Crippen LogP contribution in [0.1, 0.15) is 48.9 Å². The third kappa shape index (κ3) is 3.92. The summed E-state index contributed by atoms with van der Waals surface area (Å²) in [5, 5.41) is 3.08. The van der Waals surface area contributed by atoms with Crippen LogP contribution in [-0.4, -0.2) is 30.5 Å². The van der Waals surface area contributed by atoms with E-state index >= 15 is 0 Å². The first kappa shape index (κ1) is 19.3. The molecule has 4 rings (SSSR count). The zero-order valence-corrected chi connectivity index (χ0v) is 17.0. The number of fused-ring (bicyclic) bond motifs is 1. The van der Waals surface area contributed by atoms with Gasteiger partial charge in [-0.1, -0.05) is 24.3 Å². The molecule has 6 nitrogen and oxygen atoms in total. The van der Waals surface area contributed by atoms with Gasteiger partial charge >= 0.3 is 6.03 Å². The lowest BCUT2D eigenvalue weighted by Gasteiger charge is -2.27. The number of piperidine rings is 1. The molecule has 0 aliphatic carbocycles. The Bertz CT molecular complexity index is 910. The molecule has 2 aromatic carbocycles. The van der Waals surface area contributed by atoms with Crippen molar-refractivity contribution in [1.29, 1.82) is 0 Å². The predicted molar refractivity (Wildman–Crippen MR) is 112 cm³/mol. The number of nitrogens with zero attached hydrogens (tertiary/aromatic N) is 2. The Hall–Kier alpha value is -3.02. The van der Waals surface area contributed by atoms with Crippen molar-refractivity contribution in [3.05, 3.63) is 59.2 Å². The van der Waals surface area contributed by atoms with Crippen LogP contribution in [0, 0.1) is 0 Å². The third-order valence-electron chi connectivity index (χ3n) is 5.82. The second kappa shape index (κ2) is 8.15. The SMILES string of the molecule is COc1cccc2c1CN(C(=O)NC(C)c1ccc(N3CCCCC3=O)cc1)C2. The first-order valence-corrected chi connectivity index (χ1v) is 10.2. The van der Waals surface area contributed by atoms with Gasteiger partial charge in [-0.15, -0.1) is 0 Å². The van der Waals surface area contributed by atoms with Gasteiger partial charge in [-0.25, -0.2) is 4.79 Å². The van der Waals surface area contributed by atoms with E-state index in [0.717, 1.165) is 47.5 Å². The van der Waals surface area contributed by atoms with E-state index in [1.54, 1.807) is 12.0 Å². The van der Waals surface area contributed by atoms with Crippen molar-refractivity contribution in [2.75, 3.05) is 18.6 Å². The molecule has 0 radical (unpaired) electrons. The Morgan fingerprint density at radius 3 is 2.62 bits per heavy atom. The van der Waals surface area contributed by atoms with E-state index in [-0.39, 0.29) is 18.0 Å². The molecule has 29 heavy (non-hydrogen) atoms. The summed E-state index contributed by atoms with van der Waals surface area (Å²) in [6.45, 7) is 3.89. The lowest BCUT2D eigenvalue weighted by atomic mass is 10.1. The molecule has 0 bridgehead atoms. The zero-order chi connectivity index (χ0) is 20.4. The van der Waals surface area contributed by atoms with Crippen LogP contribution in [0.3, 0.4) is 0 Å². The topological polar surface area (TPSA) is 61.9 Å². The molecule has 152 valence electrons. The second-order valence-electron chi connectivity index (χ2n) is 7.72. The highest BCUT2D eigenvalue weighted by molar-refractivity contribution is 5.94. The van der Waals surface area contributed by atoms with E-state index in [1.807, 2.05) is 54.3 Å². The monoisotopic (exact) mass is 393 g/mol. The first-order chi connectivity index (χ1) is 14.1. The van der Waals surface area contributed by atoms with E-state index in [0.29, 0.717) is 19.5 Å². The number of ether oxygens (including phenoxy) is 1. The number of benzene rings is 2. The van der Waals surface area contributed by atoms with Crippen molar-refractivity contribution in [2.24, 2.45) is 0 Å². The number of anilines is 1. The fourth-order valence-electron chi connectivity index (χ4n) is 4.11. The van der Waals surface area contributed by atoms with Crippen LogP contribution < -0.4 is 15.0 Å². The minimum atomic E-state index is -0.126. The van der Waals surface area contributed by atoms with Gasteiger partial charge in [-0.3, -0.25) is 4.79 Å². The molecule has 2 aromatic rings. The first-order valence-electron chi connectivity index (χ1n) is 10.2. The Kier molecular flexibility index (Phi) is 5.43. The molecule has 6 heteroatoms. The van der Waals surface area contributed by atoms with Crippen molar-refractivity contribution >= 4 is 17.6 Å². The van der Waals surface area contributed by atoms with Crippen LogP contribution in [0.25, 0.3) is 0 Å². The van der Waals surface area contributed by atoms with Gasteiger partial charge in [0.25, 0.3) is 0 Å². The van der Waals surface area contributed by atoms with Crippen molar-refractivity contribution in [2.45, 2.75) is 45.3 Å². The molecule has 3 amide bonds. The quantitative estimate of drug-likeness (QED) is 0.854. The van der Waals surface area contributed by atoms with Crippen LogP contribution in [-0.2, 0) is 17.9 Å². The molecule has 0 aromatic heterocycles. The predicted octanol–water partition coefficient (Wildman–Crippen LogP) is 4.00. The van der Waals surface area contributed by atoms with Gasteiger partial charge in [0.05, 0.1) is 19.7 Å². The van der Waals surface area contributed by atoms with Crippen LogP contribution >= 0.6 is 0 Å². The maximum atomic E-state index is 12.8. The summed E-state index contributed by atoms with van der Waals surface area (Å²) < 4.78 is 5.42. The van der Waals surface area contributed by atoms with Gasteiger partial charge in [0.2, 0.25) is 5.91 Å². The maximum absolute atomic E-state index is 12.8.